The zero-order chi connectivity index (χ0) is 18.2. The molecule has 0 fully saturated rings. The molecule has 5 heteroatoms. The van der Waals surface area contributed by atoms with Crippen LogP contribution in [0.25, 0.3) is 6.08 Å². The van der Waals surface area contributed by atoms with Gasteiger partial charge in [0, 0.05) is 17.1 Å². The highest BCUT2D eigenvalue weighted by Gasteiger charge is 2.16. The highest BCUT2D eigenvalue weighted by atomic mass is 79.9. The minimum atomic E-state index is -0.856. The van der Waals surface area contributed by atoms with Crippen LogP contribution in [0.15, 0.2) is 59.1 Å². The van der Waals surface area contributed by atoms with Gasteiger partial charge in [0.25, 0.3) is 5.91 Å². The van der Waals surface area contributed by atoms with E-state index in [1.54, 1.807) is 13.0 Å². The van der Waals surface area contributed by atoms with Gasteiger partial charge < -0.3 is 10.1 Å². The highest BCUT2D eigenvalue weighted by molar-refractivity contribution is 9.10. The number of halogens is 1. The van der Waals surface area contributed by atoms with E-state index in [0.29, 0.717) is 6.54 Å². The Hall–Kier alpha value is -2.40. The van der Waals surface area contributed by atoms with E-state index in [2.05, 4.69) is 21.2 Å². The SMILES string of the molecule is Cc1ccc(CNC(=O)[C@H](C)OC(=O)/C=C/c2cccc(Br)c2)cc1. The Balaban J connectivity index is 1.81. The van der Waals surface area contributed by atoms with E-state index >= 15 is 0 Å². The van der Waals surface area contributed by atoms with Gasteiger partial charge in [0.1, 0.15) is 0 Å². The first-order valence-corrected chi connectivity index (χ1v) is 8.71. The normalized spacial score (nSPS) is 12.0. The fourth-order valence-corrected chi connectivity index (χ4v) is 2.50. The number of rotatable bonds is 6. The molecule has 0 saturated heterocycles. The molecule has 2 rings (SSSR count). The summed E-state index contributed by atoms with van der Waals surface area (Å²) in [5.74, 6) is -0.886. The number of nitrogens with one attached hydrogen (secondary N) is 1. The number of benzene rings is 2. The van der Waals surface area contributed by atoms with Crippen molar-refractivity contribution in [1.82, 2.24) is 5.32 Å². The van der Waals surface area contributed by atoms with Crippen molar-refractivity contribution >= 4 is 33.9 Å². The van der Waals surface area contributed by atoms with Crippen LogP contribution >= 0.6 is 15.9 Å². The van der Waals surface area contributed by atoms with Gasteiger partial charge in [0.05, 0.1) is 0 Å². The van der Waals surface area contributed by atoms with Crippen LogP contribution in [-0.4, -0.2) is 18.0 Å². The van der Waals surface area contributed by atoms with E-state index < -0.39 is 12.1 Å². The second-order valence-corrected chi connectivity index (χ2v) is 6.59. The summed E-state index contributed by atoms with van der Waals surface area (Å²) in [6, 6.07) is 15.4. The van der Waals surface area contributed by atoms with Crippen LogP contribution in [0.2, 0.25) is 0 Å². The third-order valence-electron chi connectivity index (χ3n) is 3.51. The summed E-state index contributed by atoms with van der Waals surface area (Å²) >= 11 is 3.37. The largest absolute Gasteiger partial charge is 0.449 e. The number of hydrogen-bond donors (Lipinski definition) is 1. The molecule has 1 atom stereocenters. The topological polar surface area (TPSA) is 55.4 Å². The van der Waals surface area contributed by atoms with Crippen molar-refractivity contribution in [1.29, 1.82) is 0 Å². The summed E-state index contributed by atoms with van der Waals surface area (Å²) in [7, 11) is 0. The van der Waals surface area contributed by atoms with Gasteiger partial charge in [-0.3, -0.25) is 4.79 Å². The molecule has 0 aromatic heterocycles. The third-order valence-corrected chi connectivity index (χ3v) is 4.00. The molecule has 25 heavy (non-hydrogen) atoms. The van der Waals surface area contributed by atoms with E-state index in [1.807, 2.05) is 55.5 Å². The van der Waals surface area contributed by atoms with Crippen molar-refractivity contribution in [2.45, 2.75) is 26.5 Å². The van der Waals surface area contributed by atoms with E-state index in [4.69, 9.17) is 4.74 Å². The quantitative estimate of drug-likeness (QED) is 0.587. The second-order valence-electron chi connectivity index (χ2n) is 5.67. The summed E-state index contributed by atoms with van der Waals surface area (Å²) < 4.78 is 6.05. The molecule has 0 aliphatic rings. The van der Waals surface area contributed by atoms with E-state index in [-0.39, 0.29) is 5.91 Å². The van der Waals surface area contributed by atoms with Crippen LogP contribution in [0.5, 0.6) is 0 Å². The van der Waals surface area contributed by atoms with Crippen molar-refractivity contribution in [2.24, 2.45) is 0 Å². The molecule has 2 aromatic carbocycles. The van der Waals surface area contributed by atoms with Crippen molar-refractivity contribution in [3.63, 3.8) is 0 Å². The van der Waals surface area contributed by atoms with Crippen molar-refractivity contribution in [3.8, 4) is 0 Å². The van der Waals surface area contributed by atoms with E-state index in [0.717, 1.165) is 21.2 Å². The van der Waals surface area contributed by atoms with Crippen molar-refractivity contribution in [2.75, 3.05) is 0 Å². The van der Waals surface area contributed by atoms with Gasteiger partial charge in [0.15, 0.2) is 6.10 Å². The first-order valence-electron chi connectivity index (χ1n) is 7.91. The van der Waals surface area contributed by atoms with Crippen LogP contribution in [0, 0.1) is 6.92 Å². The molecule has 0 heterocycles. The summed E-state index contributed by atoms with van der Waals surface area (Å²) in [4.78, 5) is 23.8. The zero-order valence-electron chi connectivity index (χ0n) is 14.2. The van der Waals surface area contributed by atoms with Crippen molar-refractivity contribution < 1.29 is 14.3 Å². The standard InChI is InChI=1S/C20H20BrNO3/c1-14-6-8-17(9-7-14)13-22-20(24)15(2)25-19(23)11-10-16-4-3-5-18(21)12-16/h3-12,15H,13H2,1-2H3,(H,22,24)/b11-10+/t15-/m0/s1. The average Bonchev–Trinajstić information content (AvgIpc) is 2.59. The Morgan fingerprint density at radius 1 is 1.20 bits per heavy atom. The molecule has 0 aliphatic heterocycles. The van der Waals surface area contributed by atoms with Crippen molar-refractivity contribution in [3.05, 3.63) is 75.8 Å². The molecule has 1 amide bonds. The molecule has 0 unspecified atom stereocenters. The van der Waals surface area contributed by atoms with Gasteiger partial charge in [0.2, 0.25) is 0 Å². The smallest absolute Gasteiger partial charge is 0.331 e. The second kappa shape index (κ2) is 9.18. The number of aryl methyl sites for hydroxylation is 1. The number of amides is 1. The molecule has 0 aliphatic carbocycles. The fraction of sp³-hybridized carbons (Fsp3) is 0.200. The zero-order valence-corrected chi connectivity index (χ0v) is 15.7. The maximum atomic E-state index is 12.0. The van der Waals surface area contributed by atoms with Crippen LogP contribution in [-0.2, 0) is 20.9 Å². The Morgan fingerprint density at radius 2 is 1.92 bits per heavy atom. The lowest BCUT2D eigenvalue weighted by Gasteiger charge is -2.12. The molecule has 0 saturated carbocycles. The van der Waals surface area contributed by atoms with Crippen LogP contribution < -0.4 is 5.32 Å². The van der Waals surface area contributed by atoms with E-state index in [9.17, 15) is 9.59 Å². The van der Waals surface area contributed by atoms with Gasteiger partial charge in [-0.25, -0.2) is 4.79 Å². The molecule has 4 nitrogen and oxygen atoms in total. The van der Waals surface area contributed by atoms with Gasteiger partial charge in [-0.1, -0.05) is 57.9 Å². The first-order chi connectivity index (χ1) is 11.9. The lowest BCUT2D eigenvalue weighted by molar-refractivity contribution is -0.150. The maximum absolute atomic E-state index is 12.0. The summed E-state index contributed by atoms with van der Waals surface area (Å²) in [6.07, 6.45) is 2.10. The molecular formula is C20H20BrNO3. The summed E-state index contributed by atoms with van der Waals surface area (Å²) in [6.45, 7) is 3.95. The summed E-state index contributed by atoms with van der Waals surface area (Å²) in [5, 5.41) is 2.76. The molecule has 1 N–H and O–H groups in total. The van der Waals surface area contributed by atoms with Crippen LogP contribution in [0.4, 0.5) is 0 Å². The first kappa shape index (κ1) is 18.9. The number of carbonyl (C=O) groups excluding carboxylic acids is 2. The number of hydrogen-bond acceptors (Lipinski definition) is 3. The fourth-order valence-electron chi connectivity index (χ4n) is 2.08. The average molecular weight is 402 g/mol. The van der Waals surface area contributed by atoms with Crippen LogP contribution in [0.1, 0.15) is 23.6 Å². The Kier molecular flexibility index (Phi) is 6.95. The molecule has 2 aromatic rings. The molecule has 0 spiro atoms. The summed E-state index contributed by atoms with van der Waals surface area (Å²) in [5.41, 5.74) is 3.02. The predicted octanol–water partition coefficient (Wildman–Crippen LogP) is 4.02. The number of carbonyl (C=O) groups is 2. The van der Waals surface area contributed by atoms with Gasteiger partial charge in [-0.15, -0.1) is 0 Å². The Morgan fingerprint density at radius 3 is 2.60 bits per heavy atom. The Bertz CT molecular complexity index is 769. The van der Waals surface area contributed by atoms with Gasteiger partial charge in [-0.05, 0) is 43.2 Å². The minimum absolute atomic E-state index is 0.329. The highest BCUT2D eigenvalue weighted by Crippen LogP contribution is 2.12. The van der Waals surface area contributed by atoms with Crippen LogP contribution in [0.3, 0.4) is 0 Å². The monoisotopic (exact) mass is 401 g/mol. The number of ether oxygens (including phenoxy) is 1. The lowest BCUT2D eigenvalue weighted by Crippen LogP contribution is -2.35. The van der Waals surface area contributed by atoms with E-state index in [1.165, 1.54) is 6.08 Å². The number of esters is 1. The molecule has 0 bridgehead atoms. The lowest BCUT2D eigenvalue weighted by atomic mass is 10.1. The minimum Gasteiger partial charge on any atom is -0.449 e. The Labute approximate surface area is 156 Å². The van der Waals surface area contributed by atoms with Gasteiger partial charge >= 0.3 is 5.97 Å². The van der Waals surface area contributed by atoms with Gasteiger partial charge in [-0.2, -0.15) is 0 Å². The molecular weight excluding hydrogens is 382 g/mol. The molecule has 0 radical (unpaired) electrons. The third kappa shape index (κ3) is 6.55. The maximum Gasteiger partial charge on any atom is 0.331 e. The predicted molar refractivity (Wildman–Crippen MR) is 102 cm³/mol. The molecule has 130 valence electrons.